The number of fused-ring (bicyclic) bond motifs is 1. The number of thiazole rings is 1. The number of nitrogens with zero attached hydrogens (tertiary/aromatic N) is 3. The summed E-state index contributed by atoms with van der Waals surface area (Å²) in [5, 5.41) is 3.92. The van der Waals surface area contributed by atoms with E-state index in [9.17, 15) is 4.79 Å². The smallest absolute Gasteiger partial charge is 0.268 e. The molecule has 0 saturated carbocycles. The summed E-state index contributed by atoms with van der Waals surface area (Å²) in [6, 6.07) is 7.07. The van der Waals surface area contributed by atoms with Crippen LogP contribution in [-0.4, -0.2) is 20.9 Å². The zero-order valence-corrected chi connectivity index (χ0v) is 11.1. The first kappa shape index (κ1) is 12.0. The Morgan fingerprint density at radius 1 is 1.21 bits per heavy atom. The molecule has 0 aliphatic heterocycles. The van der Waals surface area contributed by atoms with Gasteiger partial charge in [0.2, 0.25) is 0 Å². The highest BCUT2D eigenvalue weighted by atomic mass is 35.5. The molecule has 0 aromatic carbocycles. The van der Waals surface area contributed by atoms with Crippen LogP contribution in [0, 0.1) is 0 Å². The van der Waals surface area contributed by atoms with Gasteiger partial charge < -0.3 is 5.32 Å². The molecule has 0 radical (unpaired) electrons. The average molecular weight is 291 g/mol. The van der Waals surface area contributed by atoms with Gasteiger partial charge in [0.15, 0.2) is 5.65 Å². The van der Waals surface area contributed by atoms with Crippen molar-refractivity contribution in [2.45, 2.75) is 0 Å². The van der Waals surface area contributed by atoms with Gasteiger partial charge >= 0.3 is 0 Å². The van der Waals surface area contributed by atoms with E-state index in [1.165, 1.54) is 17.5 Å². The molecule has 0 fully saturated rings. The first-order valence-corrected chi connectivity index (χ1v) is 6.61. The topological polar surface area (TPSA) is 67.8 Å². The van der Waals surface area contributed by atoms with E-state index in [2.05, 4.69) is 20.3 Å². The molecule has 0 aliphatic rings. The van der Waals surface area contributed by atoms with Gasteiger partial charge in [-0.3, -0.25) is 9.78 Å². The third-order valence-corrected chi connectivity index (χ3v) is 3.40. The van der Waals surface area contributed by atoms with E-state index >= 15 is 0 Å². The van der Waals surface area contributed by atoms with Crippen LogP contribution >= 0.6 is 22.9 Å². The van der Waals surface area contributed by atoms with E-state index in [4.69, 9.17) is 11.6 Å². The Kier molecular flexibility index (Phi) is 3.10. The molecule has 3 rings (SSSR count). The molecule has 19 heavy (non-hydrogen) atoms. The van der Waals surface area contributed by atoms with E-state index < -0.39 is 0 Å². The van der Waals surface area contributed by atoms with E-state index in [0.29, 0.717) is 21.5 Å². The molecule has 1 amide bonds. The van der Waals surface area contributed by atoms with Gasteiger partial charge in [-0.15, -0.1) is 11.3 Å². The highest BCUT2D eigenvalue weighted by Crippen LogP contribution is 2.17. The van der Waals surface area contributed by atoms with Crippen LogP contribution in [0.4, 0.5) is 5.82 Å². The van der Waals surface area contributed by atoms with Gasteiger partial charge in [-0.1, -0.05) is 11.6 Å². The van der Waals surface area contributed by atoms with Crippen molar-refractivity contribution in [3.63, 3.8) is 0 Å². The van der Waals surface area contributed by atoms with Crippen molar-refractivity contribution >= 4 is 45.7 Å². The summed E-state index contributed by atoms with van der Waals surface area (Å²) in [6.07, 6.45) is 1.51. The van der Waals surface area contributed by atoms with E-state index in [0.717, 1.165) is 5.39 Å². The van der Waals surface area contributed by atoms with Crippen LogP contribution < -0.4 is 5.32 Å². The third-order valence-electron chi connectivity index (χ3n) is 2.42. The Morgan fingerprint density at radius 2 is 2.05 bits per heavy atom. The molecule has 3 aromatic rings. The number of carbonyl (C=O) groups is 1. The summed E-state index contributed by atoms with van der Waals surface area (Å²) in [5.41, 5.74) is 2.10. The Hall–Kier alpha value is -2.05. The standard InChI is InChI=1S/C12H7ClN4OS/c13-9-3-1-7-2-4-10(16-11(7)15-9)17-12(18)8-5-14-6-19-8/h1-6H,(H,15,16,17,18). The Balaban J connectivity index is 1.91. The van der Waals surface area contributed by atoms with Crippen molar-refractivity contribution in [3.05, 3.63) is 46.0 Å². The fourth-order valence-corrected chi connectivity index (χ4v) is 2.21. The van der Waals surface area contributed by atoms with Crippen LogP contribution in [-0.2, 0) is 0 Å². The molecule has 0 aliphatic carbocycles. The summed E-state index contributed by atoms with van der Waals surface area (Å²) in [6.45, 7) is 0. The zero-order valence-electron chi connectivity index (χ0n) is 9.50. The molecule has 94 valence electrons. The normalized spacial score (nSPS) is 10.6. The van der Waals surface area contributed by atoms with Gasteiger partial charge in [-0.25, -0.2) is 9.97 Å². The molecule has 3 heterocycles. The van der Waals surface area contributed by atoms with Crippen LogP contribution in [0.1, 0.15) is 9.67 Å². The van der Waals surface area contributed by atoms with Crippen LogP contribution in [0.15, 0.2) is 36.0 Å². The maximum Gasteiger partial charge on any atom is 0.268 e. The molecule has 1 N–H and O–H groups in total. The van der Waals surface area contributed by atoms with Gasteiger partial charge in [-0.05, 0) is 24.3 Å². The molecule has 0 bridgehead atoms. The van der Waals surface area contributed by atoms with Crippen LogP contribution in [0.25, 0.3) is 11.0 Å². The third kappa shape index (κ3) is 2.54. The molecule has 3 aromatic heterocycles. The second-order valence-corrected chi connectivity index (χ2v) is 4.97. The SMILES string of the molecule is O=C(Nc1ccc2ccc(Cl)nc2n1)c1cncs1. The number of amides is 1. The van der Waals surface area contributed by atoms with Crippen LogP contribution in [0.3, 0.4) is 0 Å². The maximum absolute atomic E-state index is 11.9. The number of hydrogen-bond donors (Lipinski definition) is 1. The Morgan fingerprint density at radius 3 is 2.84 bits per heavy atom. The van der Waals surface area contributed by atoms with E-state index in [1.807, 2.05) is 12.1 Å². The minimum Gasteiger partial charge on any atom is -0.306 e. The summed E-state index contributed by atoms with van der Waals surface area (Å²) in [7, 11) is 0. The van der Waals surface area contributed by atoms with Gasteiger partial charge in [0.25, 0.3) is 5.91 Å². The summed E-state index contributed by atoms with van der Waals surface area (Å²) in [4.78, 5) is 24.6. The number of rotatable bonds is 2. The number of anilines is 1. The van der Waals surface area contributed by atoms with Crippen molar-refractivity contribution < 1.29 is 4.79 Å². The number of pyridine rings is 2. The number of nitrogens with one attached hydrogen (secondary N) is 1. The van der Waals surface area contributed by atoms with Crippen molar-refractivity contribution in [3.8, 4) is 0 Å². The first-order chi connectivity index (χ1) is 9.22. The monoisotopic (exact) mass is 290 g/mol. The molecular formula is C12H7ClN4OS. The molecule has 0 saturated heterocycles. The molecule has 7 heteroatoms. The van der Waals surface area contributed by atoms with Crippen molar-refractivity contribution in [2.75, 3.05) is 5.32 Å². The van der Waals surface area contributed by atoms with Crippen molar-refractivity contribution in [2.24, 2.45) is 0 Å². The quantitative estimate of drug-likeness (QED) is 0.737. The number of aromatic nitrogens is 3. The Labute approximate surface area is 117 Å². The Bertz CT molecular complexity index is 745. The molecule has 5 nitrogen and oxygen atoms in total. The fraction of sp³-hybridized carbons (Fsp3) is 0. The molecule has 0 unspecified atom stereocenters. The number of halogens is 1. The number of hydrogen-bond acceptors (Lipinski definition) is 5. The van der Waals surface area contributed by atoms with Gasteiger partial charge in [-0.2, -0.15) is 0 Å². The van der Waals surface area contributed by atoms with Gasteiger partial charge in [0, 0.05) is 5.39 Å². The average Bonchev–Trinajstić information content (AvgIpc) is 2.92. The minimum atomic E-state index is -0.239. The lowest BCUT2D eigenvalue weighted by molar-refractivity contribution is 0.103. The summed E-state index contributed by atoms with van der Waals surface area (Å²) in [5.74, 6) is 0.192. The molecule has 0 atom stereocenters. The second kappa shape index (κ2) is 4.91. The lowest BCUT2D eigenvalue weighted by Gasteiger charge is -2.03. The van der Waals surface area contributed by atoms with Gasteiger partial charge in [0.1, 0.15) is 15.8 Å². The lowest BCUT2D eigenvalue weighted by atomic mass is 10.3. The summed E-state index contributed by atoms with van der Waals surface area (Å²) < 4.78 is 0. The minimum absolute atomic E-state index is 0.239. The van der Waals surface area contributed by atoms with Crippen LogP contribution in [0.2, 0.25) is 5.15 Å². The number of carbonyl (C=O) groups excluding carboxylic acids is 1. The van der Waals surface area contributed by atoms with Crippen molar-refractivity contribution in [1.82, 2.24) is 15.0 Å². The predicted octanol–water partition coefficient (Wildman–Crippen LogP) is 2.99. The molecular weight excluding hydrogens is 284 g/mol. The highest BCUT2D eigenvalue weighted by molar-refractivity contribution is 7.11. The van der Waals surface area contributed by atoms with E-state index in [-0.39, 0.29) is 5.91 Å². The first-order valence-electron chi connectivity index (χ1n) is 5.35. The lowest BCUT2D eigenvalue weighted by Crippen LogP contribution is -2.11. The summed E-state index contributed by atoms with van der Waals surface area (Å²) >= 11 is 7.08. The molecule has 0 spiro atoms. The zero-order chi connectivity index (χ0) is 13.2. The fourth-order valence-electron chi connectivity index (χ4n) is 1.55. The van der Waals surface area contributed by atoms with E-state index in [1.54, 1.807) is 17.6 Å². The highest BCUT2D eigenvalue weighted by Gasteiger charge is 2.09. The van der Waals surface area contributed by atoms with Crippen molar-refractivity contribution in [1.29, 1.82) is 0 Å². The second-order valence-electron chi connectivity index (χ2n) is 3.70. The largest absolute Gasteiger partial charge is 0.306 e. The van der Waals surface area contributed by atoms with Crippen LogP contribution in [0.5, 0.6) is 0 Å². The predicted molar refractivity (Wildman–Crippen MR) is 74.6 cm³/mol. The van der Waals surface area contributed by atoms with Gasteiger partial charge in [0.05, 0.1) is 11.7 Å². The maximum atomic E-state index is 11.9.